The van der Waals surface area contributed by atoms with E-state index in [9.17, 15) is 9.59 Å². The van der Waals surface area contributed by atoms with E-state index in [1.54, 1.807) is 18.2 Å². The minimum atomic E-state index is -0.539. The summed E-state index contributed by atoms with van der Waals surface area (Å²) in [6.07, 6.45) is 0. The van der Waals surface area contributed by atoms with Crippen molar-refractivity contribution in [3.8, 4) is 11.5 Å². The second-order valence-electron chi connectivity index (χ2n) is 5.49. The van der Waals surface area contributed by atoms with Gasteiger partial charge in [-0.05, 0) is 30.3 Å². The Hall–Kier alpha value is -3.13. The lowest BCUT2D eigenvalue weighted by atomic mass is 10.2. The number of thiazole rings is 1. The van der Waals surface area contributed by atoms with Gasteiger partial charge in [0.25, 0.3) is 5.91 Å². The summed E-state index contributed by atoms with van der Waals surface area (Å²) in [5.74, 6) is 0.00355. The van der Waals surface area contributed by atoms with Crippen LogP contribution in [0, 0.1) is 0 Å². The van der Waals surface area contributed by atoms with Crippen molar-refractivity contribution in [1.29, 1.82) is 0 Å². The maximum atomic E-state index is 12.2. The van der Waals surface area contributed by atoms with Crippen LogP contribution in [0.25, 0.3) is 10.2 Å². The minimum Gasteiger partial charge on any atom is -0.493 e. The maximum absolute atomic E-state index is 12.2. The van der Waals surface area contributed by atoms with Gasteiger partial charge in [0, 0.05) is 5.56 Å². The zero-order valence-corrected chi connectivity index (χ0v) is 15.7. The van der Waals surface area contributed by atoms with E-state index in [0.29, 0.717) is 22.1 Å². The first kappa shape index (κ1) is 18.7. The van der Waals surface area contributed by atoms with Crippen molar-refractivity contribution in [2.45, 2.75) is 6.61 Å². The van der Waals surface area contributed by atoms with Crippen molar-refractivity contribution in [3.63, 3.8) is 0 Å². The molecule has 0 spiro atoms. The lowest BCUT2D eigenvalue weighted by Crippen LogP contribution is -2.30. The highest BCUT2D eigenvalue weighted by molar-refractivity contribution is 7.18. The number of nitrogens with one attached hydrogen (secondary N) is 1. The number of rotatable bonds is 7. The third-order valence-electron chi connectivity index (χ3n) is 3.73. The van der Waals surface area contributed by atoms with Crippen molar-refractivity contribution < 1.29 is 23.8 Å². The number of benzene rings is 2. The predicted molar refractivity (Wildman–Crippen MR) is 101 cm³/mol. The van der Waals surface area contributed by atoms with E-state index in [0.717, 1.165) is 10.2 Å². The Morgan fingerprint density at radius 1 is 1.07 bits per heavy atom. The third-order valence-corrected chi connectivity index (χ3v) is 4.74. The minimum absolute atomic E-state index is 0.0738. The molecule has 1 amide bonds. The Labute approximate surface area is 159 Å². The zero-order chi connectivity index (χ0) is 19.2. The van der Waals surface area contributed by atoms with Gasteiger partial charge >= 0.3 is 5.97 Å². The predicted octanol–water partition coefficient (Wildman–Crippen LogP) is 2.79. The molecular weight excluding hydrogens is 368 g/mol. The van der Waals surface area contributed by atoms with Crippen molar-refractivity contribution in [3.05, 3.63) is 53.0 Å². The van der Waals surface area contributed by atoms with Crippen LogP contribution in [0.3, 0.4) is 0 Å². The summed E-state index contributed by atoms with van der Waals surface area (Å²) in [6.45, 7) is -0.164. The topological polar surface area (TPSA) is 86.8 Å². The largest absolute Gasteiger partial charge is 0.493 e. The van der Waals surface area contributed by atoms with Gasteiger partial charge in [0.15, 0.2) is 11.5 Å². The van der Waals surface area contributed by atoms with Gasteiger partial charge in [0.05, 0.1) is 24.4 Å². The molecule has 0 unspecified atom stereocenters. The summed E-state index contributed by atoms with van der Waals surface area (Å²) in [5.41, 5.74) is 1.22. The normalized spacial score (nSPS) is 10.4. The van der Waals surface area contributed by atoms with Crippen LogP contribution in [-0.2, 0) is 16.1 Å². The molecule has 2 aromatic carbocycles. The third kappa shape index (κ3) is 4.53. The molecule has 27 heavy (non-hydrogen) atoms. The summed E-state index contributed by atoms with van der Waals surface area (Å²) in [7, 11) is 3.00. The summed E-state index contributed by atoms with van der Waals surface area (Å²) >= 11 is 1.47. The number of carbonyl (C=O) groups is 2. The van der Waals surface area contributed by atoms with Gasteiger partial charge in [-0.25, -0.2) is 4.98 Å². The molecule has 3 rings (SSSR count). The molecule has 0 bridgehead atoms. The number of esters is 1. The molecule has 0 saturated carbocycles. The Kier molecular flexibility index (Phi) is 5.87. The number of carbonyl (C=O) groups excluding carboxylic acids is 2. The Morgan fingerprint density at radius 2 is 1.85 bits per heavy atom. The van der Waals surface area contributed by atoms with Crippen molar-refractivity contribution in [2.75, 3.05) is 20.8 Å². The highest BCUT2D eigenvalue weighted by atomic mass is 32.1. The number of methoxy groups -OCH3 is 2. The van der Waals surface area contributed by atoms with Crippen LogP contribution < -0.4 is 14.8 Å². The van der Waals surface area contributed by atoms with Gasteiger partial charge in [0.1, 0.15) is 18.2 Å². The molecule has 0 atom stereocenters. The van der Waals surface area contributed by atoms with E-state index >= 15 is 0 Å². The van der Waals surface area contributed by atoms with Crippen LogP contribution >= 0.6 is 11.3 Å². The summed E-state index contributed by atoms with van der Waals surface area (Å²) in [5, 5.41) is 3.23. The maximum Gasteiger partial charge on any atom is 0.325 e. The van der Waals surface area contributed by atoms with E-state index in [-0.39, 0.29) is 13.2 Å². The van der Waals surface area contributed by atoms with Crippen molar-refractivity contribution in [2.24, 2.45) is 0 Å². The van der Waals surface area contributed by atoms with E-state index in [4.69, 9.17) is 14.2 Å². The number of nitrogens with zero attached hydrogens (tertiary/aromatic N) is 1. The number of hydrogen-bond donors (Lipinski definition) is 1. The number of amides is 1. The average molecular weight is 386 g/mol. The van der Waals surface area contributed by atoms with Gasteiger partial charge in [-0.2, -0.15) is 0 Å². The fraction of sp³-hybridized carbons (Fsp3) is 0.211. The molecule has 0 aliphatic rings. The lowest BCUT2D eigenvalue weighted by molar-refractivity contribution is -0.143. The molecule has 1 aromatic heterocycles. The summed E-state index contributed by atoms with van der Waals surface area (Å²) in [6, 6.07) is 12.5. The lowest BCUT2D eigenvalue weighted by Gasteiger charge is -2.10. The summed E-state index contributed by atoms with van der Waals surface area (Å²) < 4.78 is 16.5. The number of hydrogen-bond acceptors (Lipinski definition) is 7. The van der Waals surface area contributed by atoms with E-state index in [1.165, 1.54) is 25.6 Å². The van der Waals surface area contributed by atoms with Gasteiger partial charge in [0.2, 0.25) is 0 Å². The Bertz CT molecular complexity index is 937. The SMILES string of the molecule is COc1ccc(C(=O)NCC(=O)OCc2nc3ccccc3s2)cc1OC. The highest BCUT2D eigenvalue weighted by Crippen LogP contribution is 2.27. The fourth-order valence-corrected chi connectivity index (χ4v) is 3.29. The van der Waals surface area contributed by atoms with E-state index in [2.05, 4.69) is 10.3 Å². The van der Waals surface area contributed by atoms with Crippen LogP contribution in [0.2, 0.25) is 0 Å². The molecular formula is C19H18N2O5S. The Balaban J connectivity index is 1.51. The van der Waals surface area contributed by atoms with Crippen LogP contribution in [0.5, 0.6) is 11.5 Å². The van der Waals surface area contributed by atoms with Crippen molar-refractivity contribution >= 4 is 33.4 Å². The zero-order valence-electron chi connectivity index (χ0n) is 14.9. The van der Waals surface area contributed by atoms with Gasteiger partial charge in [-0.1, -0.05) is 12.1 Å². The Morgan fingerprint density at radius 3 is 2.59 bits per heavy atom. The number of ether oxygens (including phenoxy) is 3. The first-order chi connectivity index (χ1) is 13.1. The van der Waals surface area contributed by atoms with Crippen LogP contribution in [0.15, 0.2) is 42.5 Å². The number of fused-ring (bicyclic) bond motifs is 1. The average Bonchev–Trinajstić information content (AvgIpc) is 3.12. The standard InChI is InChI=1S/C19H18N2O5S/c1-24-14-8-7-12(9-15(14)25-2)19(23)20-10-18(22)26-11-17-21-13-5-3-4-6-16(13)27-17/h3-9H,10-11H2,1-2H3,(H,20,23). The smallest absolute Gasteiger partial charge is 0.325 e. The number of aromatic nitrogens is 1. The van der Waals surface area contributed by atoms with Crippen LogP contribution in [-0.4, -0.2) is 37.6 Å². The molecule has 0 saturated heterocycles. The van der Waals surface area contributed by atoms with Crippen molar-refractivity contribution in [1.82, 2.24) is 10.3 Å². The van der Waals surface area contributed by atoms with Gasteiger partial charge in [-0.15, -0.1) is 11.3 Å². The monoisotopic (exact) mass is 386 g/mol. The summed E-state index contributed by atoms with van der Waals surface area (Å²) in [4.78, 5) is 28.5. The molecule has 0 fully saturated rings. The molecule has 3 aromatic rings. The molecule has 1 N–H and O–H groups in total. The molecule has 1 heterocycles. The first-order valence-corrected chi connectivity index (χ1v) is 8.92. The first-order valence-electron chi connectivity index (χ1n) is 8.11. The van der Waals surface area contributed by atoms with Crippen LogP contribution in [0.4, 0.5) is 0 Å². The van der Waals surface area contributed by atoms with E-state index in [1.807, 2.05) is 24.3 Å². The molecule has 140 valence electrons. The molecule has 0 aliphatic heterocycles. The quantitative estimate of drug-likeness (QED) is 0.629. The number of para-hydroxylation sites is 1. The second kappa shape index (κ2) is 8.50. The highest BCUT2D eigenvalue weighted by Gasteiger charge is 2.13. The van der Waals surface area contributed by atoms with Gasteiger partial charge < -0.3 is 19.5 Å². The fourth-order valence-electron chi connectivity index (χ4n) is 2.41. The molecule has 0 aliphatic carbocycles. The molecule has 8 heteroatoms. The molecule has 0 radical (unpaired) electrons. The van der Waals surface area contributed by atoms with Crippen LogP contribution in [0.1, 0.15) is 15.4 Å². The molecule has 7 nitrogen and oxygen atoms in total. The van der Waals surface area contributed by atoms with E-state index < -0.39 is 11.9 Å². The second-order valence-corrected chi connectivity index (χ2v) is 6.60. The van der Waals surface area contributed by atoms with Gasteiger partial charge in [-0.3, -0.25) is 9.59 Å².